The summed E-state index contributed by atoms with van der Waals surface area (Å²) < 4.78 is 10.8. The number of nitrogens with two attached hydrogens (primary N) is 1. The number of amides is 3. The molecule has 0 heterocycles. The summed E-state index contributed by atoms with van der Waals surface area (Å²) in [4.78, 5) is 36.3. The summed E-state index contributed by atoms with van der Waals surface area (Å²) in [5.41, 5.74) is 6.46. The van der Waals surface area contributed by atoms with E-state index in [4.69, 9.17) is 15.2 Å². The first-order chi connectivity index (χ1) is 15.6. The standard InChI is InChI=1S/C24H31N3O6/c1-24(2,3)33-23(31)27-20(14-28)22(30)26-19(21(25)29)13-16-9-11-18(12-10-16)32-15-17-7-5-4-6-8-17/h4-12,19-20,28H,13-15H2,1-3H3,(H2,25,29)(H,26,30)(H,27,31). The molecule has 2 atom stereocenters. The Morgan fingerprint density at radius 1 is 0.939 bits per heavy atom. The van der Waals surface area contributed by atoms with Gasteiger partial charge in [-0.15, -0.1) is 0 Å². The van der Waals surface area contributed by atoms with Crippen molar-refractivity contribution >= 4 is 17.9 Å². The zero-order chi connectivity index (χ0) is 24.4. The van der Waals surface area contributed by atoms with Crippen molar-refractivity contribution in [1.29, 1.82) is 0 Å². The monoisotopic (exact) mass is 457 g/mol. The molecule has 0 saturated carbocycles. The van der Waals surface area contributed by atoms with Crippen molar-refractivity contribution in [2.24, 2.45) is 5.73 Å². The third-order valence-electron chi connectivity index (χ3n) is 4.46. The average molecular weight is 458 g/mol. The summed E-state index contributed by atoms with van der Waals surface area (Å²) in [6, 6.07) is 14.5. The van der Waals surface area contributed by atoms with E-state index >= 15 is 0 Å². The molecule has 0 bridgehead atoms. The van der Waals surface area contributed by atoms with Gasteiger partial charge in [-0.1, -0.05) is 42.5 Å². The number of rotatable bonds is 10. The summed E-state index contributed by atoms with van der Waals surface area (Å²) in [6.07, 6.45) is -0.733. The van der Waals surface area contributed by atoms with Crippen LogP contribution in [0.1, 0.15) is 31.9 Å². The average Bonchev–Trinajstić information content (AvgIpc) is 2.75. The van der Waals surface area contributed by atoms with Gasteiger partial charge in [0.1, 0.15) is 30.0 Å². The number of carbonyl (C=O) groups excluding carboxylic acids is 3. The van der Waals surface area contributed by atoms with Crippen LogP contribution >= 0.6 is 0 Å². The lowest BCUT2D eigenvalue weighted by atomic mass is 10.0. The third-order valence-corrected chi connectivity index (χ3v) is 4.46. The maximum absolute atomic E-state index is 12.5. The Hall–Kier alpha value is -3.59. The number of aliphatic hydroxyl groups excluding tert-OH is 1. The molecule has 0 aromatic heterocycles. The fourth-order valence-corrected chi connectivity index (χ4v) is 2.84. The minimum absolute atomic E-state index is 0.130. The van der Waals surface area contributed by atoms with Gasteiger partial charge in [0, 0.05) is 6.42 Å². The molecule has 9 nitrogen and oxygen atoms in total. The molecule has 2 unspecified atom stereocenters. The lowest BCUT2D eigenvalue weighted by Crippen LogP contribution is -2.55. The minimum atomic E-state index is -1.30. The number of alkyl carbamates (subject to hydrolysis) is 1. The van der Waals surface area contributed by atoms with Crippen molar-refractivity contribution < 1.29 is 29.0 Å². The van der Waals surface area contributed by atoms with Crippen molar-refractivity contribution in [2.75, 3.05) is 6.61 Å². The van der Waals surface area contributed by atoms with Gasteiger partial charge in [0.15, 0.2) is 0 Å². The molecule has 2 rings (SSSR count). The topological polar surface area (TPSA) is 140 Å². The quantitative estimate of drug-likeness (QED) is 0.428. The number of nitrogens with one attached hydrogen (secondary N) is 2. The third kappa shape index (κ3) is 9.20. The van der Waals surface area contributed by atoms with E-state index in [0.717, 1.165) is 11.1 Å². The smallest absolute Gasteiger partial charge is 0.408 e. The molecule has 0 saturated heterocycles. The van der Waals surface area contributed by atoms with E-state index in [2.05, 4.69) is 10.6 Å². The van der Waals surface area contributed by atoms with Gasteiger partial charge in [-0.05, 0) is 44.0 Å². The maximum Gasteiger partial charge on any atom is 0.408 e. The predicted octanol–water partition coefficient (Wildman–Crippen LogP) is 1.66. The van der Waals surface area contributed by atoms with E-state index < -0.39 is 42.2 Å². The van der Waals surface area contributed by atoms with Crippen LogP contribution in [0.5, 0.6) is 5.75 Å². The Bertz CT molecular complexity index is 925. The highest BCUT2D eigenvalue weighted by Crippen LogP contribution is 2.15. The second-order valence-corrected chi connectivity index (χ2v) is 8.47. The molecule has 0 aliphatic rings. The summed E-state index contributed by atoms with van der Waals surface area (Å²) in [5, 5.41) is 14.2. The van der Waals surface area contributed by atoms with Crippen LogP contribution in [-0.4, -0.2) is 47.3 Å². The Kier molecular flexibility index (Phi) is 9.23. The fourth-order valence-electron chi connectivity index (χ4n) is 2.84. The van der Waals surface area contributed by atoms with Gasteiger partial charge in [0.2, 0.25) is 11.8 Å². The Morgan fingerprint density at radius 2 is 1.58 bits per heavy atom. The van der Waals surface area contributed by atoms with Gasteiger partial charge in [0.25, 0.3) is 0 Å². The summed E-state index contributed by atoms with van der Waals surface area (Å²) in [7, 11) is 0. The first-order valence-corrected chi connectivity index (χ1v) is 10.5. The molecule has 5 N–H and O–H groups in total. The van der Waals surface area contributed by atoms with E-state index in [1.807, 2.05) is 30.3 Å². The van der Waals surface area contributed by atoms with Crippen LogP contribution in [0.15, 0.2) is 54.6 Å². The number of carbonyl (C=O) groups is 3. The second kappa shape index (κ2) is 11.9. The molecule has 0 spiro atoms. The molecular formula is C24H31N3O6. The lowest BCUT2D eigenvalue weighted by Gasteiger charge is -2.23. The number of benzene rings is 2. The molecule has 0 aliphatic carbocycles. The number of aliphatic hydroxyl groups is 1. The SMILES string of the molecule is CC(C)(C)OC(=O)NC(CO)C(=O)NC(Cc1ccc(OCc2ccccc2)cc1)C(N)=O. The molecular weight excluding hydrogens is 426 g/mol. The Labute approximate surface area is 193 Å². The fraction of sp³-hybridized carbons (Fsp3) is 0.375. The molecule has 0 aliphatic heterocycles. The largest absolute Gasteiger partial charge is 0.489 e. The highest BCUT2D eigenvalue weighted by molar-refractivity contribution is 5.91. The van der Waals surface area contributed by atoms with Crippen LogP contribution in [0.4, 0.5) is 4.79 Å². The predicted molar refractivity (Wildman–Crippen MR) is 122 cm³/mol. The van der Waals surface area contributed by atoms with Gasteiger partial charge < -0.3 is 30.9 Å². The highest BCUT2D eigenvalue weighted by Gasteiger charge is 2.27. The van der Waals surface area contributed by atoms with Gasteiger partial charge >= 0.3 is 6.09 Å². The van der Waals surface area contributed by atoms with Gasteiger partial charge in [-0.25, -0.2) is 4.79 Å². The van der Waals surface area contributed by atoms with Gasteiger partial charge in [0.05, 0.1) is 6.61 Å². The highest BCUT2D eigenvalue weighted by atomic mass is 16.6. The van der Waals surface area contributed by atoms with Gasteiger partial charge in [-0.2, -0.15) is 0 Å². The van der Waals surface area contributed by atoms with Gasteiger partial charge in [-0.3, -0.25) is 9.59 Å². The molecule has 0 fully saturated rings. The first-order valence-electron chi connectivity index (χ1n) is 10.5. The zero-order valence-electron chi connectivity index (χ0n) is 19.0. The van der Waals surface area contributed by atoms with Crippen molar-refractivity contribution in [2.45, 2.75) is 51.5 Å². The molecule has 3 amide bonds. The summed E-state index contributed by atoms with van der Waals surface area (Å²) >= 11 is 0. The van der Waals surface area contributed by atoms with Crippen LogP contribution in [0.25, 0.3) is 0 Å². The Balaban J connectivity index is 1.94. The maximum atomic E-state index is 12.5. The van der Waals surface area contributed by atoms with Crippen molar-refractivity contribution in [1.82, 2.24) is 10.6 Å². The lowest BCUT2D eigenvalue weighted by molar-refractivity contribution is -0.129. The van der Waals surface area contributed by atoms with Crippen LogP contribution < -0.4 is 21.1 Å². The van der Waals surface area contributed by atoms with Crippen LogP contribution in [0.2, 0.25) is 0 Å². The van der Waals surface area contributed by atoms with Crippen molar-refractivity contribution in [3.8, 4) is 5.75 Å². The summed E-state index contributed by atoms with van der Waals surface area (Å²) in [5.74, 6) is -0.846. The molecule has 178 valence electrons. The number of ether oxygens (including phenoxy) is 2. The van der Waals surface area contributed by atoms with E-state index in [1.54, 1.807) is 45.0 Å². The van der Waals surface area contributed by atoms with E-state index in [1.165, 1.54) is 0 Å². The normalized spacial score (nSPS) is 12.8. The molecule has 9 heteroatoms. The van der Waals surface area contributed by atoms with Crippen molar-refractivity contribution in [3.63, 3.8) is 0 Å². The number of hydrogen-bond donors (Lipinski definition) is 4. The minimum Gasteiger partial charge on any atom is -0.489 e. The number of primary amides is 1. The summed E-state index contributed by atoms with van der Waals surface area (Å²) in [6.45, 7) is 4.75. The van der Waals surface area contributed by atoms with Crippen LogP contribution in [0.3, 0.4) is 0 Å². The van der Waals surface area contributed by atoms with E-state index in [9.17, 15) is 19.5 Å². The van der Waals surface area contributed by atoms with E-state index in [-0.39, 0.29) is 6.42 Å². The van der Waals surface area contributed by atoms with Crippen LogP contribution in [0, 0.1) is 0 Å². The van der Waals surface area contributed by atoms with Crippen LogP contribution in [-0.2, 0) is 27.4 Å². The molecule has 33 heavy (non-hydrogen) atoms. The molecule has 0 radical (unpaired) electrons. The number of hydrogen-bond acceptors (Lipinski definition) is 6. The van der Waals surface area contributed by atoms with E-state index in [0.29, 0.717) is 12.4 Å². The van der Waals surface area contributed by atoms with Crippen molar-refractivity contribution in [3.05, 3.63) is 65.7 Å². The second-order valence-electron chi connectivity index (χ2n) is 8.47. The first kappa shape index (κ1) is 25.7. The zero-order valence-corrected chi connectivity index (χ0v) is 19.0. The molecule has 2 aromatic carbocycles. The molecule has 2 aromatic rings. The Morgan fingerprint density at radius 3 is 2.12 bits per heavy atom.